The Morgan fingerprint density at radius 2 is 1.61 bits per heavy atom. The first-order chi connectivity index (χ1) is 11.0. The van der Waals surface area contributed by atoms with Gasteiger partial charge in [-0.2, -0.15) is 0 Å². The first-order valence-electron chi connectivity index (χ1n) is 8.11. The number of carbonyl (C=O) groups is 3. The third-order valence-corrected chi connectivity index (χ3v) is 4.84. The number of hydrogen-bond acceptors (Lipinski definition) is 4. The normalized spacial score (nSPS) is 23.8. The number of hydrogen-bond donors (Lipinski definition) is 0. The van der Waals surface area contributed by atoms with Gasteiger partial charge in [0.2, 0.25) is 11.8 Å². The zero-order valence-corrected chi connectivity index (χ0v) is 13.5. The monoisotopic (exact) mass is 315 g/mol. The summed E-state index contributed by atoms with van der Waals surface area (Å²) in [5.74, 6) is -0.943. The SMILES string of the molecule is Cc1cccc(C)c1OC(=O)CN1C(=O)[C@H]2CCCC[C@H]2C1=O. The lowest BCUT2D eigenvalue weighted by atomic mass is 9.81. The molecule has 1 aliphatic carbocycles. The Balaban J connectivity index is 1.70. The van der Waals surface area contributed by atoms with Crippen molar-refractivity contribution in [3.63, 3.8) is 0 Å². The largest absolute Gasteiger partial charge is 0.425 e. The van der Waals surface area contributed by atoms with Crippen LogP contribution >= 0.6 is 0 Å². The van der Waals surface area contributed by atoms with E-state index in [-0.39, 0.29) is 30.2 Å². The van der Waals surface area contributed by atoms with Crippen LogP contribution in [-0.4, -0.2) is 29.2 Å². The third-order valence-electron chi connectivity index (χ3n) is 4.84. The summed E-state index contributed by atoms with van der Waals surface area (Å²) in [5.41, 5.74) is 1.71. The van der Waals surface area contributed by atoms with Crippen molar-refractivity contribution in [1.29, 1.82) is 0 Å². The molecule has 0 N–H and O–H groups in total. The van der Waals surface area contributed by atoms with Gasteiger partial charge in [-0.05, 0) is 37.8 Å². The van der Waals surface area contributed by atoms with E-state index in [4.69, 9.17) is 4.74 Å². The molecule has 1 saturated heterocycles. The van der Waals surface area contributed by atoms with Gasteiger partial charge in [0, 0.05) is 0 Å². The number of nitrogens with zero attached hydrogens (tertiary/aromatic N) is 1. The Labute approximate surface area is 135 Å². The second-order valence-electron chi connectivity index (χ2n) is 6.46. The number of fused-ring (bicyclic) bond motifs is 1. The minimum Gasteiger partial charge on any atom is -0.425 e. The molecule has 1 aromatic carbocycles. The number of likely N-dealkylation sites (tertiary alicyclic amines) is 1. The van der Waals surface area contributed by atoms with Gasteiger partial charge in [-0.1, -0.05) is 31.0 Å². The van der Waals surface area contributed by atoms with Gasteiger partial charge in [-0.3, -0.25) is 14.5 Å². The molecule has 122 valence electrons. The van der Waals surface area contributed by atoms with Gasteiger partial charge < -0.3 is 4.74 Å². The van der Waals surface area contributed by atoms with Gasteiger partial charge in [0.25, 0.3) is 0 Å². The standard InChI is InChI=1S/C18H21NO4/c1-11-6-5-7-12(2)16(11)23-15(20)10-19-17(21)13-8-3-4-9-14(13)18(19)22/h5-7,13-14H,3-4,8-10H2,1-2H3/t13-,14+. The first-order valence-corrected chi connectivity index (χ1v) is 8.11. The van der Waals surface area contributed by atoms with Crippen molar-refractivity contribution in [1.82, 2.24) is 4.90 Å². The van der Waals surface area contributed by atoms with E-state index in [0.717, 1.165) is 41.7 Å². The Morgan fingerprint density at radius 3 is 2.13 bits per heavy atom. The van der Waals surface area contributed by atoms with Gasteiger partial charge in [-0.15, -0.1) is 0 Å². The fraction of sp³-hybridized carbons (Fsp3) is 0.500. The smallest absolute Gasteiger partial charge is 0.331 e. The molecule has 2 aliphatic rings. The molecule has 1 aliphatic heterocycles. The summed E-state index contributed by atoms with van der Waals surface area (Å²) >= 11 is 0. The fourth-order valence-electron chi connectivity index (χ4n) is 3.62. The lowest BCUT2D eigenvalue weighted by Crippen LogP contribution is -2.37. The number of para-hydroxylation sites is 1. The van der Waals surface area contributed by atoms with E-state index < -0.39 is 5.97 Å². The molecule has 0 unspecified atom stereocenters. The second kappa shape index (κ2) is 6.14. The molecular formula is C18H21NO4. The van der Waals surface area contributed by atoms with Crippen molar-refractivity contribution < 1.29 is 19.1 Å². The summed E-state index contributed by atoms with van der Waals surface area (Å²) in [5, 5.41) is 0. The molecule has 0 radical (unpaired) electrons. The van der Waals surface area contributed by atoms with Crippen LogP contribution in [0, 0.1) is 25.7 Å². The summed E-state index contributed by atoms with van der Waals surface area (Å²) in [6, 6.07) is 5.60. The van der Waals surface area contributed by atoms with Gasteiger partial charge in [-0.25, -0.2) is 4.79 Å². The van der Waals surface area contributed by atoms with E-state index in [9.17, 15) is 14.4 Å². The molecule has 5 nitrogen and oxygen atoms in total. The zero-order valence-electron chi connectivity index (χ0n) is 13.5. The Hall–Kier alpha value is -2.17. The molecule has 5 heteroatoms. The van der Waals surface area contributed by atoms with Crippen molar-refractivity contribution in [2.24, 2.45) is 11.8 Å². The lowest BCUT2D eigenvalue weighted by Gasteiger charge is -2.19. The van der Waals surface area contributed by atoms with Crippen LogP contribution in [0.3, 0.4) is 0 Å². The van der Waals surface area contributed by atoms with E-state index in [1.165, 1.54) is 0 Å². The van der Waals surface area contributed by atoms with Crippen LogP contribution in [0.1, 0.15) is 36.8 Å². The summed E-state index contributed by atoms with van der Waals surface area (Å²) in [6.45, 7) is 3.42. The maximum Gasteiger partial charge on any atom is 0.331 e. The number of carbonyl (C=O) groups excluding carboxylic acids is 3. The molecular weight excluding hydrogens is 294 g/mol. The van der Waals surface area contributed by atoms with E-state index >= 15 is 0 Å². The zero-order chi connectivity index (χ0) is 16.6. The topological polar surface area (TPSA) is 63.7 Å². The molecule has 2 atom stereocenters. The summed E-state index contributed by atoms with van der Waals surface area (Å²) in [4.78, 5) is 38.0. The fourth-order valence-corrected chi connectivity index (χ4v) is 3.62. The number of imide groups is 1. The average molecular weight is 315 g/mol. The quantitative estimate of drug-likeness (QED) is 0.488. The van der Waals surface area contributed by atoms with Crippen LogP contribution in [0.25, 0.3) is 0 Å². The molecule has 2 fully saturated rings. The predicted octanol–water partition coefficient (Wildman–Crippen LogP) is 2.38. The highest BCUT2D eigenvalue weighted by Gasteiger charge is 2.48. The summed E-state index contributed by atoms with van der Waals surface area (Å²) in [7, 11) is 0. The number of aryl methyl sites for hydroxylation is 2. The molecule has 2 amide bonds. The van der Waals surface area contributed by atoms with Gasteiger partial charge in [0.05, 0.1) is 11.8 Å². The van der Waals surface area contributed by atoms with Crippen LogP contribution in [0.4, 0.5) is 0 Å². The third kappa shape index (κ3) is 2.87. The van der Waals surface area contributed by atoms with Gasteiger partial charge in [0.15, 0.2) is 0 Å². The van der Waals surface area contributed by atoms with Crippen LogP contribution in [0.5, 0.6) is 5.75 Å². The number of rotatable bonds is 3. The number of benzene rings is 1. The minimum absolute atomic E-state index is 0.210. The summed E-state index contributed by atoms with van der Waals surface area (Å²) in [6.07, 6.45) is 3.44. The van der Waals surface area contributed by atoms with Crippen LogP contribution < -0.4 is 4.74 Å². The molecule has 1 aromatic rings. The van der Waals surface area contributed by atoms with Crippen molar-refractivity contribution in [3.05, 3.63) is 29.3 Å². The van der Waals surface area contributed by atoms with Crippen molar-refractivity contribution in [3.8, 4) is 5.75 Å². The van der Waals surface area contributed by atoms with Crippen LogP contribution in [0.15, 0.2) is 18.2 Å². The van der Waals surface area contributed by atoms with Crippen molar-refractivity contribution in [2.45, 2.75) is 39.5 Å². The highest BCUT2D eigenvalue weighted by atomic mass is 16.5. The van der Waals surface area contributed by atoms with E-state index in [1.807, 2.05) is 32.0 Å². The van der Waals surface area contributed by atoms with E-state index in [2.05, 4.69) is 0 Å². The minimum atomic E-state index is -0.567. The maximum atomic E-state index is 12.4. The van der Waals surface area contributed by atoms with Gasteiger partial charge in [0.1, 0.15) is 12.3 Å². The first kappa shape index (κ1) is 15.7. The van der Waals surface area contributed by atoms with Gasteiger partial charge >= 0.3 is 5.97 Å². The maximum absolute atomic E-state index is 12.4. The number of esters is 1. The molecule has 0 bridgehead atoms. The average Bonchev–Trinajstić information content (AvgIpc) is 2.77. The lowest BCUT2D eigenvalue weighted by molar-refractivity contribution is -0.148. The number of ether oxygens (including phenoxy) is 1. The Morgan fingerprint density at radius 1 is 1.09 bits per heavy atom. The molecule has 0 aromatic heterocycles. The summed E-state index contributed by atoms with van der Waals surface area (Å²) < 4.78 is 5.40. The molecule has 0 spiro atoms. The van der Waals surface area contributed by atoms with Crippen molar-refractivity contribution >= 4 is 17.8 Å². The highest BCUT2D eigenvalue weighted by Crippen LogP contribution is 2.37. The highest BCUT2D eigenvalue weighted by molar-refractivity contribution is 6.07. The van der Waals surface area contributed by atoms with Crippen LogP contribution in [-0.2, 0) is 14.4 Å². The second-order valence-corrected chi connectivity index (χ2v) is 6.46. The molecule has 23 heavy (non-hydrogen) atoms. The van der Waals surface area contributed by atoms with E-state index in [0.29, 0.717) is 5.75 Å². The Bertz CT molecular complexity index is 623. The number of amides is 2. The van der Waals surface area contributed by atoms with Crippen LogP contribution in [0.2, 0.25) is 0 Å². The van der Waals surface area contributed by atoms with E-state index in [1.54, 1.807) is 0 Å². The predicted molar refractivity (Wildman–Crippen MR) is 83.7 cm³/mol. The molecule has 1 heterocycles. The molecule has 3 rings (SSSR count). The molecule has 1 saturated carbocycles. The Kier molecular flexibility index (Phi) is 4.20. The van der Waals surface area contributed by atoms with Crippen molar-refractivity contribution in [2.75, 3.05) is 6.54 Å².